The van der Waals surface area contributed by atoms with Crippen LogP contribution >= 0.6 is 0 Å². The highest BCUT2D eigenvalue weighted by molar-refractivity contribution is 4.95. The predicted octanol–water partition coefficient (Wildman–Crippen LogP) is 3.55. The Morgan fingerprint density at radius 3 is 2.60 bits per heavy atom. The highest BCUT2D eigenvalue weighted by Gasteiger charge is 1.95. The lowest BCUT2D eigenvalue weighted by molar-refractivity contribution is 0.642. The molecule has 0 spiro atoms. The molecule has 0 N–H and O–H groups in total. The van der Waals surface area contributed by atoms with Gasteiger partial charge in [-0.1, -0.05) is 38.0 Å². The molecule has 0 aromatic carbocycles. The first-order valence-electron chi connectivity index (χ1n) is 4.10. The minimum absolute atomic E-state index is 0.602. The van der Waals surface area contributed by atoms with E-state index in [1.54, 1.807) is 0 Å². The molecule has 0 aromatic rings. The van der Waals surface area contributed by atoms with Crippen molar-refractivity contribution in [1.29, 1.82) is 0 Å². The van der Waals surface area contributed by atoms with Crippen LogP contribution in [-0.2, 0) is 0 Å². The summed E-state index contributed by atoms with van der Waals surface area (Å²) in [6.45, 7) is 8.06. The molecule has 0 bridgehead atoms. The van der Waals surface area contributed by atoms with Gasteiger partial charge in [-0.3, -0.25) is 0 Å². The molecule has 0 heteroatoms. The van der Waals surface area contributed by atoms with Crippen LogP contribution in [0.1, 0.15) is 33.1 Å². The van der Waals surface area contributed by atoms with Crippen molar-refractivity contribution in [3.8, 4) is 0 Å². The zero-order chi connectivity index (χ0) is 7.82. The van der Waals surface area contributed by atoms with E-state index in [9.17, 15) is 0 Å². The molecule has 1 unspecified atom stereocenters. The van der Waals surface area contributed by atoms with Gasteiger partial charge in [-0.15, -0.1) is 6.58 Å². The monoisotopic (exact) mass is 138 g/mol. The van der Waals surface area contributed by atoms with Gasteiger partial charge in [0.15, 0.2) is 0 Å². The van der Waals surface area contributed by atoms with Crippen LogP contribution in [0, 0.1) is 5.92 Å². The molecular weight excluding hydrogens is 120 g/mol. The van der Waals surface area contributed by atoms with Gasteiger partial charge in [0.2, 0.25) is 0 Å². The summed E-state index contributed by atoms with van der Waals surface area (Å²) in [5.41, 5.74) is 0. The molecule has 0 rings (SSSR count). The number of hydrogen-bond donors (Lipinski definition) is 0. The number of rotatable bonds is 5. The summed E-state index contributed by atoms with van der Waals surface area (Å²) in [6.07, 6.45) is 10.2. The van der Waals surface area contributed by atoms with E-state index < -0.39 is 0 Å². The van der Waals surface area contributed by atoms with Crippen LogP contribution in [-0.4, -0.2) is 0 Å². The molecule has 58 valence electrons. The fourth-order valence-corrected chi connectivity index (χ4v) is 0.980. The van der Waals surface area contributed by atoms with Crippen LogP contribution in [0.3, 0.4) is 0 Å². The molecule has 0 saturated carbocycles. The third kappa shape index (κ3) is 4.37. The van der Waals surface area contributed by atoms with E-state index in [0.29, 0.717) is 5.92 Å². The standard InChI is InChI=1S/C10H18/c1-4-7-9-10(6-3)8-5-2/h5-6,8,10H,3-4,7,9H2,1-2H3/b8-5+. The number of unbranched alkanes of at least 4 members (excludes halogenated alkanes) is 1. The van der Waals surface area contributed by atoms with Gasteiger partial charge in [-0.2, -0.15) is 0 Å². The lowest BCUT2D eigenvalue weighted by Gasteiger charge is -2.03. The maximum Gasteiger partial charge on any atom is -0.00563 e. The summed E-state index contributed by atoms with van der Waals surface area (Å²) in [5, 5.41) is 0. The third-order valence-corrected chi connectivity index (χ3v) is 1.63. The maximum atomic E-state index is 3.78. The minimum atomic E-state index is 0.602. The van der Waals surface area contributed by atoms with Gasteiger partial charge >= 0.3 is 0 Å². The minimum Gasteiger partial charge on any atom is -0.102 e. The highest BCUT2D eigenvalue weighted by Crippen LogP contribution is 2.10. The highest BCUT2D eigenvalue weighted by atomic mass is 14.0. The Morgan fingerprint density at radius 1 is 1.50 bits per heavy atom. The van der Waals surface area contributed by atoms with Crippen LogP contribution in [0.25, 0.3) is 0 Å². The summed E-state index contributed by atoms with van der Waals surface area (Å²) in [5.74, 6) is 0.602. The van der Waals surface area contributed by atoms with E-state index in [2.05, 4.69) is 32.6 Å². The normalized spacial score (nSPS) is 13.8. The van der Waals surface area contributed by atoms with Gasteiger partial charge < -0.3 is 0 Å². The third-order valence-electron chi connectivity index (χ3n) is 1.63. The Bertz CT molecular complexity index is 101. The molecule has 0 aliphatic carbocycles. The second kappa shape index (κ2) is 6.60. The first-order chi connectivity index (χ1) is 4.85. The van der Waals surface area contributed by atoms with Crippen LogP contribution in [0.2, 0.25) is 0 Å². The van der Waals surface area contributed by atoms with E-state index in [0.717, 1.165) is 0 Å². The fraction of sp³-hybridized carbons (Fsp3) is 0.600. The van der Waals surface area contributed by atoms with Crippen LogP contribution in [0.15, 0.2) is 24.8 Å². The van der Waals surface area contributed by atoms with Gasteiger partial charge in [0.05, 0.1) is 0 Å². The van der Waals surface area contributed by atoms with Crippen molar-refractivity contribution in [1.82, 2.24) is 0 Å². The zero-order valence-electron chi connectivity index (χ0n) is 7.14. The maximum absolute atomic E-state index is 3.78. The molecule has 0 aromatic heterocycles. The molecule has 0 radical (unpaired) electrons. The summed E-state index contributed by atoms with van der Waals surface area (Å²) in [6, 6.07) is 0. The average molecular weight is 138 g/mol. The summed E-state index contributed by atoms with van der Waals surface area (Å²) >= 11 is 0. The van der Waals surface area contributed by atoms with Crippen molar-refractivity contribution in [2.75, 3.05) is 0 Å². The quantitative estimate of drug-likeness (QED) is 0.510. The Morgan fingerprint density at radius 2 is 2.20 bits per heavy atom. The molecule has 0 amide bonds. The van der Waals surface area contributed by atoms with E-state index in [-0.39, 0.29) is 0 Å². The number of allylic oxidation sites excluding steroid dienone is 3. The Balaban J connectivity index is 3.49. The SMILES string of the molecule is C=CC(/C=C/C)CCCC. The van der Waals surface area contributed by atoms with Crippen LogP contribution in [0.5, 0.6) is 0 Å². The average Bonchev–Trinajstić information content (AvgIpc) is 1.98. The first-order valence-corrected chi connectivity index (χ1v) is 4.10. The van der Waals surface area contributed by atoms with E-state index >= 15 is 0 Å². The second-order valence-corrected chi connectivity index (χ2v) is 2.57. The summed E-state index contributed by atoms with van der Waals surface area (Å²) in [4.78, 5) is 0. The smallest absolute Gasteiger partial charge is 0.00563 e. The van der Waals surface area contributed by atoms with Gasteiger partial charge in [0, 0.05) is 0 Å². The van der Waals surface area contributed by atoms with Crippen LogP contribution in [0.4, 0.5) is 0 Å². The Kier molecular flexibility index (Phi) is 6.25. The topological polar surface area (TPSA) is 0 Å². The van der Waals surface area contributed by atoms with Crippen molar-refractivity contribution in [2.45, 2.75) is 33.1 Å². The molecule has 0 fully saturated rings. The van der Waals surface area contributed by atoms with Crippen molar-refractivity contribution in [3.63, 3.8) is 0 Å². The largest absolute Gasteiger partial charge is 0.102 e. The lowest BCUT2D eigenvalue weighted by atomic mass is 10.0. The Hall–Kier alpha value is -0.520. The fourth-order valence-electron chi connectivity index (χ4n) is 0.980. The Labute approximate surface area is 64.6 Å². The van der Waals surface area contributed by atoms with Crippen molar-refractivity contribution >= 4 is 0 Å². The zero-order valence-corrected chi connectivity index (χ0v) is 7.14. The van der Waals surface area contributed by atoms with Crippen molar-refractivity contribution < 1.29 is 0 Å². The van der Waals surface area contributed by atoms with E-state index in [1.165, 1.54) is 19.3 Å². The second-order valence-electron chi connectivity index (χ2n) is 2.57. The lowest BCUT2D eigenvalue weighted by Crippen LogP contribution is -1.89. The summed E-state index contributed by atoms with van der Waals surface area (Å²) in [7, 11) is 0. The molecule has 1 atom stereocenters. The number of hydrogen-bond acceptors (Lipinski definition) is 0. The molecule has 10 heavy (non-hydrogen) atoms. The molecular formula is C10H18. The van der Waals surface area contributed by atoms with Crippen molar-refractivity contribution in [2.24, 2.45) is 5.92 Å². The van der Waals surface area contributed by atoms with Gasteiger partial charge in [-0.05, 0) is 19.3 Å². The molecule has 0 aliphatic heterocycles. The van der Waals surface area contributed by atoms with Crippen LogP contribution < -0.4 is 0 Å². The summed E-state index contributed by atoms with van der Waals surface area (Å²) < 4.78 is 0. The van der Waals surface area contributed by atoms with E-state index in [4.69, 9.17) is 0 Å². The predicted molar refractivity (Wildman–Crippen MR) is 48.0 cm³/mol. The van der Waals surface area contributed by atoms with Gasteiger partial charge in [0.1, 0.15) is 0 Å². The first kappa shape index (κ1) is 9.48. The molecule has 0 aliphatic rings. The molecule has 0 heterocycles. The van der Waals surface area contributed by atoms with Crippen molar-refractivity contribution in [3.05, 3.63) is 24.8 Å². The van der Waals surface area contributed by atoms with E-state index in [1.807, 2.05) is 6.08 Å². The van der Waals surface area contributed by atoms with Gasteiger partial charge in [0.25, 0.3) is 0 Å². The molecule has 0 saturated heterocycles. The van der Waals surface area contributed by atoms with Gasteiger partial charge in [-0.25, -0.2) is 0 Å². The molecule has 0 nitrogen and oxygen atoms in total.